The van der Waals surface area contributed by atoms with Gasteiger partial charge < -0.3 is 9.80 Å². The molecule has 2 heterocycles. The fraction of sp³-hybridized carbons (Fsp3) is 0.333. The number of ketones is 1. The highest BCUT2D eigenvalue weighted by atomic mass is 19.2. The maximum Gasteiger partial charge on any atom is 0.224 e. The molecule has 0 aromatic heterocycles. The minimum absolute atomic E-state index is 0.0152. The number of Topliss-reactive ketones (excluding diaryl/α,β-unsaturated/α-hetero) is 1. The van der Waals surface area contributed by atoms with Crippen LogP contribution in [0.1, 0.15) is 37.3 Å². The molecule has 1 atom stereocenters. The standard InChI is InChI=1S/C27H26F4N2O2/c1-17-3-2-9-32(17)10-8-26(34)33-15-20(11-18-4-6-22(28)24(30)13-18)27(35)21(16-33)12-19-5-7-23(29)25(31)14-19/h4-7,11-14,17H,2-3,8-10,15-16H2,1H3/b20-11+,21-12+. The highest BCUT2D eigenvalue weighted by Crippen LogP contribution is 2.24. The van der Waals surface area contributed by atoms with Crippen LogP contribution in [0.15, 0.2) is 47.5 Å². The summed E-state index contributed by atoms with van der Waals surface area (Å²) < 4.78 is 54.1. The van der Waals surface area contributed by atoms with Crippen LogP contribution in [0, 0.1) is 23.3 Å². The lowest BCUT2D eigenvalue weighted by molar-refractivity contribution is -0.131. The Morgan fingerprint density at radius 1 is 0.914 bits per heavy atom. The van der Waals surface area contributed by atoms with Gasteiger partial charge in [0.05, 0.1) is 0 Å². The molecule has 2 aromatic rings. The number of hydrogen-bond acceptors (Lipinski definition) is 3. The van der Waals surface area contributed by atoms with Gasteiger partial charge in [0.15, 0.2) is 29.1 Å². The summed E-state index contributed by atoms with van der Waals surface area (Å²) in [6, 6.07) is 6.98. The average Bonchev–Trinajstić information content (AvgIpc) is 3.24. The molecule has 0 aliphatic carbocycles. The predicted molar refractivity (Wildman–Crippen MR) is 125 cm³/mol. The maximum atomic E-state index is 13.7. The van der Waals surface area contributed by atoms with E-state index in [1.165, 1.54) is 29.2 Å². The third-order valence-corrected chi connectivity index (χ3v) is 6.53. The molecule has 4 rings (SSSR count). The van der Waals surface area contributed by atoms with E-state index in [2.05, 4.69) is 11.8 Å². The van der Waals surface area contributed by atoms with Crippen molar-refractivity contribution >= 4 is 23.8 Å². The Labute approximate surface area is 201 Å². The van der Waals surface area contributed by atoms with Crippen LogP contribution in [0.4, 0.5) is 17.6 Å². The zero-order valence-electron chi connectivity index (χ0n) is 19.4. The summed E-state index contributed by atoms with van der Waals surface area (Å²) in [4.78, 5) is 30.1. The van der Waals surface area contributed by atoms with Gasteiger partial charge in [-0.25, -0.2) is 17.6 Å². The predicted octanol–water partition coefficient (Wildman–Crippen LogP) is 5.00. The first-order valence-corrected chi connectivity index (χ1v) is 11.6. The molecule has 0 spiro atoms. The molecule has 1 unspecified atom stereocenters. The van der Waals surface area contributed by atoms with Crippen LogP contribution >= 0.6 is 0 Å². The molecule has 35 heavy (non-hydrogen) atoms. The Kier molecular flexibility index (Phi) is 7.50. The molecular formula is C27H26F4N2O2. The molecule has 2 aliphatic heterocycles. The number of likely N-dealkylation sites (tertiary alicyclic amines) is 2. The van der Waals surface area contributed by atoms with E-state index in [1.807, 2.05) is 0 Å². The van der Waals surface area contributed by atoms with Crippen LogP contribution in [0.25, 0.3) is 12.2 Å². The number of halogens is 4. The zero-order chi connectivity index (χ0) is 25.1. The number of amides is 1. The van der Waals surface area contributed by atoms with Crippen molar-refractivity contribution in [2.24, 2.45) is 0 Å². The van der Waals surface area contributed by atoms with E-state index in [9.17, 15) is 27.2 Å². The third kappa shape index (κ3) is 5.88. The van der Waals surface area contributed by atoms with Gasteiger partial charge in [0.2, 0.25) is 5.91 Å². The topological polar surface area (TPSA) is 40.6 Å². The minimum atomic E-state index is -1.05. The average molecular weight is 487 g/mol. The number of nitrogens with zero attached hydrogens (tertiary/aromatic N) is 2. The Balaban J connectivity index is 1.62. The second-order valence-electron chi connectivity index (χ2n) is 9.04. The monoisotopic (exact) mass is 486 g/mol. The van der Waals surface area contributed by atoms with Crippen molar-refractivity contribution in [3.8, 4) is 0 Å². The highest BCUT2D eigenvalue weighted by molar-refractivity contribution is 6.15. The number of rotatable bonds is 5. The van der Waals surface area contributed by atoms with Crippen molar-refractivity contribution in [3.63, 3.8) is 0 Å². The Hall–Kier alpha value is -3.26. The van der Waals surface area contributed by atoms with E-state index in [1.54, 1.807) is 0 Å². The summed E-state index contributed by atoms with van der Waals surface area (Å²) in [5, 5.41) is 0. The third-order valence-electron chi connectivity index (χ3n) is 6.53. The SMILES string of the molecule is CC1CCCN1CCC(=O)N1C/C(=C\c2ccc(F)c(F)c2)C(=O)/C(=C/c2ccc(F)c(F)c2)C1. The second-order valence-corrected chi connectivity index (χ2v) is 9.04. The highest BCUT2D eigenvalue weighted by Gasteiger charge is 2.30. The summed E-state index contributed by atoms with van der Waals surface area (Å²) in [5.41, 5.74) is 0.997. The molecule has 2 aliphatic rings. The number of carbonyl (C=O) groups is 2. The fourth-order valence-electron chi connectivity index (χ4n) is 4.54. The van der Waals surface area contributed by atoms with Gasteiger partial charge in [-0.2, -0.15) is 0 Å². The maximum absolute atomic E-state index is 13.7. The molecule has 1 amide bonds. The largest absolute Gasteiger partial charge is 0.334 e. The lowest BCUT2D eigenvalue weighted by Crippen LogP contribution is -2.43. The van der Waals surface area contributed by atoms with Gasteiger partial charge in [0.1, 0.15) is 0 Å². The van der Waals surface area contributed by atoms with Crippen LogP contribution in [0.3, 0.4) is 0 Å². The summed E-state index contributed by atoms with van der Waals surface area (Å²) in [7, 11) is 0. The van der Waals surface area contributed by atoms with Gasteiger partial charge in [-0.15, -0.1) is 0 Å². The van der Waals surface area contributed by atoms with Crippen LogP contribution in [0.5, 0.6) is 0 Å². The van der Waals surface area contributed by atoms with Crippen molar-refractivity contribution in [2.45, 2.75) is 32.2 Å². The molecule has 0 N–H and O–H groups in total. The molecule has 0 bridgehead atoms. The van der Waals surface area contributed by atoms with E-state index in [-0.39, 0.29) is 47.7 Å². The normalized spacial score (nSPS) is 21.3. The van der Waals surface area contributed by atoms with E-state index in [0.717, 1.165) is 43.7 Å². The molecule has 4 nitrogen and oxygen atoms in total. The van der Waals surface area contributed by atoms with Crippen molar-refractivity contribution in [1.82, 2.24) is 9.80 Å². The number of piperidine rings is 1. The zero-order valence-corrected chi connectivity index (χ0v) is 19.4. The van der Waals surface area contributed by atoms with E-state index >= 15 is 0 Å². The molecule has 184 valence electrons. The van der Waals surface area contributed by atoms with Gasteiger partial charge in [-0.05, 0) is 73.9 Å². The van der Waals surface area contributed by atoms with E-state index in [0.29, 0.717) is 12.6 Å². The molecule has 2 saturated heterocycles. The van der Waals surface area contributed by atoms with Crippen LogP contribution in [-0.4, -0.2) is 53.7 Å². The lowest BCUT2D eigenvalue weighted by Gasteiger charge is -2.31. The van der Waals surface area contributed by atoms with Crippen molar-refractivity contribution in [2.75, 3.05) is 26.2 Å². The lowest BCUT2D eigenvalue weighted by atomic mass is 9.94. The summed E-state index contributed by atoms with van der Waals surface area (Å²) in [6.07, 6.45) is 5.30. The van der Waals surface area contributed by atoms with Crippen molar-refractivity contribution < 1.29 is 27.2 Å². The number of benzene rings is 2. The summed E-state index contributed by atoms with van der Waals surface area (Å²) in [5.74, 6) is -4.65. The molecule has 0 radical (unpaired) electrons. The van der Waals surface area contributed by atoms with E-state index in [4.69, 9.17) is 0 Å². The van der Waals surface area contributed by atoms with Crippen molar-refractivity contribution in [1.29, 1.82) is 0 Å². The van der Waals surface area contributed by atoms with Gasteiger partial charge in [-0.3, -0.25) is 9.59 Å². The first-order chi connectivity index (χ1) is 16.7. The summed E-state index contributed by atoms with van der Waals surface area (Å²) in [6.45, 7) is 3.70. The van der Waals surface area contributed by atoms with Gasteiger partial charge in [0.25, 0.3) is 0 Å². The molecular weight excluding hydrogens is 460 g/mol. The van der Waals surface area contributed by atoms with E-state index < -0.39 is 29.1 Å². The molecule has 2 fully saturated rings. The molecule has 0 saturated carbocycles. The van der Waals surface area contributed by atoms with Crippen LogP contribution in [-0.2, 0) is 9.59 Å². The number of hydrogen-bond donors (Lipinski definition) is 0. The quantitative estimate of drug-likeness (QED) is 0.442. The van der Waals surface area contributed by atoms with Gasteiger partial charge in [0, 0.05) is 43.2 Å². The van der Waals surface area contributed by atoms with Gasteiger partial charge in [-0.1, -0.05) is 12.1 Å². The Morgan fingerprint density at radius 3 is 1.91 bits per heavy atom. The Morgan fingerprint density at radius 2 is 1.46 bits per heavy atom. The Bertz CT molecular complexity index is 1130. The van der Waals surface area contributed by atoms with Crippen molar-refractivity contribution in [3.05, 3.63) is 81.9 Å². The minimum Gasteiger partial charge on any atom is -0.334 e. The van der Waals surface area contributed by atoms with Crippen LogP contribution in [0.2, 0.25) is 0 Å². The smallest absolute Gasteiger partial charge is 0.224 e. The fourth-order valence-corrected chi connectivity index (χ4v) is 4.54. The summed E-state index contributed by atoms with van der Waals surface area (Å²) >= 11 is 0. The molecule has 8 heteroatoms. The van der Waals surface area contributed by atoms with Gasteiger partial charge >= 0.3 is 0 Å². The van der Waals surface area contributed by atoms with Crippen LogP contribution < -0.4 is 0 Å². The second kappa shape index (κ2) is 10.6. The number of carbonyl (C=O) groups excluding carboxylic acids is 2. The first kappa shape index (κ1) is 24.9. The first-order valence-electron chi connectivity index (χ1n) is 11.6. The molecule has 2 aromatic carbocycles.